The van der Waals surface area contributed by atoms with Crippen LogP contribution in [0.2, 0.25) is 0 Å². The van der Waals surface area contributed by atoms with Gasteiger partial charge < -0.3 is 9.47 Å². The lowest BCUT2D eigenvalue weighted by Crippen LogP contribution is -1.82. The van der Waals surface area contributed by atoms with Crippen LogP contribution in [0, 0.1) is 0 Å². The van der Waals surface area contributed by atoms with Crippen LogP contribution < -0.4 is 9.47 Å². The first-order valence-electron chi connectivity index (χ1n) is 4.07. The zero-order valence-corrected chi connectivity index (χ0v) is 8.72. The van der Waals surface area contributed by atoms with Crippen LogP contribution in [0.1, 0.15) is 0 Å². The molecule has 0 saturated heterocycles. The van der Waals surface area contributed by atoms with Crippen molar-refractivity contribution in [2.45, 2.75) is 0 Å². The molecule has 0 radical (unpaired) electrons. The lowest BCUT2D eigenvalue weighted by molar-refractivity contribution is 0.406. The Balaban J connectivity index is 2.46. The van der Waals surface area contributed by atoms with Crippen molar-refractivity contribution in [3.05, 3.63) is 18.3 Å². The standard InChI is InChI=1S/C9H10N2O2S/c1-12-7-5-8(13-2)14-9(7)6-3-4-10-11-6/h3-5H,1-2H3,(H,10,11). The Hall–Kier alpha value is -1.49. The Morgan fingerprint density at radius 2 is 2.21 bits per heavy atom. The van der Waals surface area contributed by atoms with Crippen LogP contribution in [0.4, 0.5) is 0 Å². The van der Waals surface area contributed by atoms with E-state index >= 15 is 0 Å². The highest BCUT2D eigenvalue weighted by Gasteiger charge is 2.13. The Labute approximate surface area is 85.5 Å². The van der Waals surface area contributed by atoms with Crippen LogP contribution in [0.15, 0.2) is 18.3 Å². The topological polar surface area (TPSA) is 47.1 Å². The van der Waals surface area contributed by atoms with Crippen molar-refractivity contribution < 1.29 is 9.47 Å². The number of nitrogens with one attached hydrogen (secondary N) is 1. The predicted octanol–water partition coefficient (Wildman–Crippen LogP) is 2.16. The monoisotopic (exact) mass is 210 g/mol. The van der Waals surface area contributed by atoms with Crippen LogP contribution in [0.25, 0.3) is 10.6 Å². The van der Waals surface area contributed by atoms with Gasteiger partial charge in [-0.3, -0.25) is 5.10 Å². The van der Waals surface area contributed by atoms with Gasteiger partial charge in [0.15, 0.2) is 5.06 Å². The van der Waals surface area contributed by atoms with E-state index in [0.29, 0.717) is 0 Å². The molecule has 0 fully saturated rings. The molecule has 0 bridgehead atoms. The summed E-state index contributed by atoms with van der Waals surface area (Å²) in [5, 5.41) is 7.68. The van der Waals surface area contributed by atoms with E-state index in [1.807, 2.05) is 12.1 Å². The molecular formula is C9H10N2O2S. The number of thiophene rings is 1. The fraction of sp³-hybridized carbons (Fsp3) is 0.222. The largest absolute Gasteiger partial charge is 0.495 e. The molecule has 0 atom stereocenters. The minimum Gasteiger partial charge on any atom is -0.495 e. The maximum absolute atomic E-state index is 5.23. The second-order valence-corrected chi connectivity index (χ2v) is 3.64. The van der Waals surface area contributed by atoms with Gasteiger partial charge in [0.05, 0.1) is 14.2 Å². The maximum Gasteiger partial charge on any atom is 0.177 e. The molecule has 1 N–H and O–H groups in total. The number of methoxy groups -OCH3 is 2. The third kappa shape index (κ3) is 1.46. The van der Waals surface area contributed by atoms with Crippen molar-refractivity contribution >= 4 is 11.3 Å². The van der Waals surface area contributed by atoms with Gasteiger partial charge in [0.25, 0.3) is 0 Å². The van der Waals surface area contributed by atoms with E-state index in [2.05, 4.69) is 10.2 Å². The predicted molar refractivity (Wildman–Crippen MR) is 55.0 cm³/mol. The average molecular weight is 210 g/mol. The molecule has 5 heteroatoms. The highest BCUT2D eigenvalue weighted by atomic mass is 32.1. The summed E-state index contributed by atoms with van der Waals surface area (Å²) in [7, 11) is 3.28. The van der Waals surface area contributed by atoms with E-state index in [4.69, 9.17) is 9.47 Å². The zero-order valence-electron chi connectivity index (χ0n) is 7.90. The molecule has 0 amide bonds. The highest BCUT2D eigenvalue weighted by molar-refractivity contribution is 7.17. The van der Waals surface area contributed by atoms with E-state index in [9.17, 15) is 0 Å². The maximum atomic E-state index is 5.23. The van der Waals surface area contributed by atoms with Gasteiger partial charge in [0.2, 0.25) is 0 Å². The SMILES string of the molecule is COc1cc(OC)c(-c2cc[nH]n2)s1. The van der Waals surface area contributed by atoms with Crippen molar-refractivity contribution in [1.82, 2.24) is 10.2 Å². The molecule has 2 aromatic heterocycles. The number of nitrogens with zero attached hydrogens (tertiary/aromatic N) is 1. The quantitative estimate of drug-likeness (QED) is 0.844. The second-order valence-electron chi connectivity index (χ2n) is 2.63. The van der Waals surface area contributed by atoms with Gasteiger partial charge in [-0.15, -0.1) is 0 Å². The minimum absolute atomic E-state index is 0.791. The first-order chi connectivity index (χ1) is 6.85. The number of aromatic nitrogens is 2. The average Bonchev–Trinajstić information content (AvgIpc) is 2.85. The minimum atomic E-state index is 0.791. The molecule has 2 heterocycles. The number of hydrogen-bond donors (Lipinski definition) is 1. The molecular weight excluding hydrogens is 200 g/mol. The smallest absolute Gasteiger partial charge is 0.177 e. The molecule has 0 aliphatic rings. The Bertz CT molecular complexity index is 408. The van der Waals surface area contributed by atoms with Crippen molar-refractivity contribution in [3.8, 4) is 21.4 Å². The summed E-state index contributed by atoms with van der Waals surface area (Å²) in [4.78, 5) is 0.977. The van der Waals surface area contributed by atoms with E-state index in [1.165, 1.54) is 11.3 Å². The molecule has 2 rings (SSSR count). The first kappa shape index (κ1) is 9.08. The van der Waals surface area contributed by atoms with Crippen molar-refractivity contribution in [1.29, 1.82) is 0 Å². The summed E-state index contributed by atoms with van der Waals surface area (Å²) in [5.41, 5.74) is 0.871. The number of hydrogen-bond acceptors (Lipinski definition) is 4. The molecule has 0 aliphatic heterocycles. The fourth-order valence-corrected chi connectivity index (χ4v) is 2.08. The van der Waals surface area contributed by atoms with Crippen LogP contribution in [-0.4, -0.2) is 24.4 Å². The number of H-pyrrole nitrogens is 1. The normalized spacial score (nSPS) is 10.1. The number of ether oxygens (including phenoxy) is 2. The summed E-state index contributed by atoms with van der Waals surface area (Å²) in [6.45, 7) is 0. The summed E-state index contributed by atoms with van der Waals surface area (Å²) >= 11 is 1.51. The molecule has 2 aromatic rings. The number of aromatic amines is 1. The van der Waals surface area contributed by atoms with Gasteiger partial charge in [0, 0.05) is 12.3 Å². The summed E-state index contributed by atoms with van der Waals surface area (Å²) in [6.07, 6.45) is 1.78. The fourth-order valence-electron chi connectivity index (χ4n) is 1.17. The molecule has 0 unspecified atom stereocenters. The lowest BCUT2D eigenvalue weighted by Gasteiger charge is -1.96. The van der Waals surface area contributed by atoms with Crippen LogP contribution in [0.5, 0.6) is 10.8 Å². The molecule has 0 aromatic carbocycles. The van der Waals surface area contributed by atoms with Crippen molar-refractivity contribution in [2.75, 3.05) is 14.2 Å². The third-order valence-corrected chi connectivity index (χ3v) is 2.93. The molecule has 0 saturated carbocycles. The molecule has 14 heavy (non-hydrogen) atoms. The highest BCUT2D eigenvalue weighted by Crippen LogP contribution is 2.41. The summed E-state index contributed by atoms with van der Waals surface area (Å²) < 4.78 is 10.4. The lowest BCUT2D eigenvalue weighted by atomic mass is 10.3. The molecule has 0 spiro atoms. The third-order valence-electron chi connectivity index (χ3n) is 1.83. The van der Waals surface area contributed by atoms with Gasteiger partial charge in [-0.05, 0) is 6.07 Å². The number of rotatable bonds is 3. The molecule has 4 nitrogen and oxygen atoms in total. The molecule has 0 aliphatic carbocycles. The Morgan fingerprint density at radius 1 is 1.36 bits per heavy atom. The van der Waals surface area contributed by atoms with E-state index in [1.54, 1.807) is 20.4 Å². The van der Waals surface area contributed by atoms with Gasteiger partial charge in [0.1, 0.15) is 16.3 Å². The van der Waals surface area contributed by atoms with Crippen LogP contribution in [0.3, 0.4) is 0 Å². The molecule has 74 valence electrons. The van der Waals surface area contributed by atoms with Gasteiger partial charge in [-0.25, -0.2) is 0 Å². The van der Waals surface area contributed by atoms with E-state index in [0.717, 1.165) is 21.4 Å². The zero-order chi connectivity index (χ0) is 9.97. The Morgan fingerprint density at radius 3 is 2.79 bits per heavy atom. The van der Waals surface area contributed by atoms with E-state index in [-0.39, 0.29) is 0 Å². The van der Waals surface area contributed by atoms with Crippen molar-refractivity contribution in [2.24, 2.45) is 0 Å². The van der Waals surface area contributed by atoms with Crippen LogP contribution >= 0.6 is 11.3 Å². The van der Waals surface area contributed by atoms with Gasteiger partial charge >= 0.3 is 0 Å². The first-order valence-corrected chi connectivity index (χ1v) is 4.88. The van der Waals surface area contributed by atoms with Crippen molar-refractivity contribution in [3.63, 3.8) is 0 Å². The van der Waals surface area contributed by atoms with Gasteiger partial charge in [-0.2, -0.15) is 5.10 Å². The second kappa shape index (κ2) is 3.71. The van der Waals surface area contributed by atoms with Crippen LogP contribution in [-0.2, 0) is 0 Å². The summed E-state index contributed by atoms with van der Waals surface area (Å²) in [5.74, 6) is 0.791. The van der Waals surface area contributed by atoms with Gasteiger partial charge in [-0.1, -0.05) is 11.3 Å². The van der Waals surface area contributed by atoms with E-state index < -0.39 is 0 Å². The Kier molecular flexibility index (Phi) is 2.41. The summed E-state index contributed by atoms with van der Waals surface area (Å²) in [6, 6.07) is 3.75.